The van der Waals surface area contributed by atoms with Gasteiger partial charge < -0.3 is 14.8 Å². The van der Waals surface area contributed by atoms with Gasteiger partial charge in [0.15, 0.2) is 23.2 Å². The highest BCUT2D eigenvalue weighted by atomic mass is 19.1. The molecular weight excluding hydrogens is 308 g/mol. The zero-order valence-electron chi connectivity index (χ0n) is 12.8. The molecule has 1 aliphatic rings. The second kappa shape index (κ2) is 7.21. The largest absolute Gasteiger partial charge is 0.491 e. The van der Waals surface area contributed by atoms with Gasteiger partial charge in [-0.15, -0.1) is 0 Å². The number of benzene rings is 1. The average molecular weight is 325 g/mol. The fourth-order valence-corrected chi connectivity index (χ4v) is 1.95. The van der Waals surface area contributed by atoms with Crippen molar-refractivity contribution in [1.82, 2.24) is 0 Å². The zero-order chi connectivity index (χ0) is 17.0. The van der Waals surface area contributed by atoms with Crippen LogP contribution in [0.15, 0.2) is 18.2 Å². The van der Waals surface area contributed by atoms with Crippen LogP contribution in [0.3, 0.4) is 0 Å². The van der Waals surface area contributed by atoms with Gasteiger partial charge in [0.1, 0.15) is 0 Å². The van der Waals surface area contributed by atoms with Crippen LogP contribution < -0.4 is 10.1 Å². The predicted molar refractivity (Wildman–Crippen MR) is 79.7 cm³/mol. The Bertz CT molecular complexity index is 654. The van der Waals surface area contributed by atoms with Crippen LogP contribution in [0, 0.1) is 11.6 Å². The van der Waals surface area contributed by atoms with Gasteiger partial charge in [-0.1, -0.05) is 0 Å². The molecule has 1 saturated carbocycles. The average Bonchev–Trinajstić information content (AvgIpc) is 3.32. The van der Waals surface area contributed by atoms with Crippen molar-refractivity contribution in [1.29, 1.82) is 0 Å². The van der Waals surface area contributed by atoms with E-state index in [0.29, 0.717) is 0 Å². The third-order valence-electron chi connectivity index (χ3n) is 3.22. The van der Waals surface area contributed by atoms with E-state index in [4.69, 9.17) is 4.74 Å². The molecule has 1 aliphatic carbocycles. The molecule has 0 spiro atoms. The molecule has 0 amide bonds. The maximum Gasteiger partial charge on any atom is 0.330 e. The van der Waals surface area contributed by atoms with Crippen LogP contribution in [-0.4, -0.2) is 31.5 Å². The molecule has 7 heteroatoms. The summed E-state index contributed by atoms with van der Waals surface area (Å²) < 4.78 is 37.7. The summed E-state index contributed by atoms with van der Waals surface area (Å²) in [5.41, 5.74) is -0.384. The lowest BCUT2D eigenvalue weighted by Gasteiger charge is -2.13. The van der Waals surface area contributed by atoms with Crippen molar-refractivity contribution in [3.05, 3.63) is 35.4 Å². The molecule has 1 fully saturated rings. The predicted octanol–water partition coefficient (Wildman–Crippen LogP) is 2.85. The Morgan fingerprint density at radius 1 is 1.30 bits per heavy atom. The highest BCUT2D eigenvalue weighted by Crippen LogP contribution is 2.34. The minimum absolute atomic E-state index is 0.00126. The van der Waals surface area contributed by atoms with Gasteiger partial charge in [0.05, 0.1) is 25.0 Å². The van der Waals surface area contributed by atoms with Crippen LogP contribution in [0.5, 0.6) is 5.75 Å². The number of hydrogen-bond donors (Lipinski definition) is 1. The SMILES string of the molecule is CCOC(=O)/C=C/C(=O)c1cc(NC2CC2)c(F)c(OC)c1F. The Kier molecular flexibility index (Phi) is 5.31. The van der Waals surface area contributed by atoms with Crippen molar-refractivity contribution in [3.63, 3.8) is 0 Å². The van der Waals surface area contributed by atoms with E-state index in [1.807, 2.05) is 0 Å². The normalized spacial score (nSPS) is 13.9. The molecular formula is C16H17F2NO4. The van der Waals surface area contributed by atoms with E-state index in [-0.39, 0.29) is 23.9 Å². The van der Waals surface area contributed by atoms with Crippen molar-refractivity contribution in [2.24, 2.45) is 0 Å². The molecule has 0 atom stereocenters. The minimum Gasteiger partial charge on any atom is -0.491 e. The fourth-order valence-electron chi connectivity index (χ4n) is 1.95. The second-order valence-electron chi connectivity index (χ2n) is 5.00. The Balaban J connectivity index is 2.32. The molecule has 1 aromatic carbocycles. The van der Waals surface area contributed by atoms with Crippen molar-refractivity contribution >= 4 is 17.4 Å². The number of esters is 1. The topological polar surface area (TPSA) is 64.6 Å². The molecule has 0 radical (unpaired) electrons. The van der Waals surface area contributed by atoms with Crippen molar-refractivity contribution in [2.45, 2.75) is 25.8 Å². The Morgan fingerprint density at radius 3 is 2.57 bits per heavy atom. The van der Waals surface area contributed by atoms with Gasteiger partial charge in [0.25, 0.3) is 0 Å². The smallest absolute Gasteiger partial charge is 0.330 e. The third kappa shape index (κ3) is 4.06. The first-order chi connectivity index (χ1) is 11.0. The van der Waals surface area contributed by atoms with Crippen LogP contribution >= 0.6 is 0 Å². The van der Waals surface area contributed by atoms with E-state index in [1.54, 1.807) is 6.92 Å². The van der Waals surface area contributed by atoms with E-state index < -0.39 is 29.1 Å². The number of ketones is 1. The van der Waals surface area contributed by atoms with Gasteiger partial charge in [-0.3, -0.25) is 4.79 Å². The van der Waals surface area contributed by atoms with Crippen LogP contribution in [0.1, 0.15) is 30.1 Å². The number of ether oxygens (including phenoxy) is 2. The Labute approximate surface area is 132 Å². The third-order valence-corrected chi connectivity index (χ3v) is 3.22. The van der Waals surface area contributed by atoms with E-state index in [9.17, 15) is 18.4 Å². The first kappa shape index (κ1) is 16.9. The van der Waals surface area contributed by atoms with Gasteiger partial charge in [0.2, 0.25) is 0 Å². The molecule has 0 saturated heterocycles. The van der Waals surface area contributed by atoms with Crippen LogP contribution in [0.25, 0.3) is 0 Å². The fraction of sp³-hybridized carbons (Fsp3) is 0.375. The number of nitrogens with one attached hydrogen (secondary N) is 1. The van der Waals surface area contributed by atoms with Gasteiger partial charge in [-0.2, -0.15) is 0 Å². The van der Waals surface area contributed by atoms with E-state index in [1.165, 1.54) is 0 Å². The highest BCUT2D eigenvalue weighted by Gasteiger charge is 2.27. The number of allylic oxidation sites excluding steroid dienone is 1. The first-order valence-electron chi connectivity index (χ1n) is 7.19. The standard InChI is InChI=1S/C16H17F2NO4/c1-3-23-13(21)7-6-12(20)10-8-11(19-9-4-5-9)15(18)16(22-2)14(10)17/h6-9,19H,3-5H2,1-2H3/b7-6+. The van der Waals surface area contributed by atoms with Gasteiger partial charge in [-0.05, 0) is 31.9 Å². The van der Waals surface area contributed by atoms with Gasteiger partial charge in [-0.25, -0.2) is 13.6 Å². The molecule has 23 heavy (non-hydrogen) atoms. The summed E-state index contributed by atoms with van der Waals surface area (Å²) >= 11 is 0. The minimum atomic E-state index is -1.11. The lowest BCUT2D eigenvalue weighted by atomic mass is 10.1. The first-order valence-corrected chi connectivity index (χ1v) is 7.19. The van der Waals surface area contributed by atoms with Crippen molar-refractivity contribution < 1.29 is 27.8 Å². The molecule has 1 N–H and O–H groups in total. The van der Waals surface area contributed by atoms with Crippen molar-refractivity contribution in [2.75, 3.05) is 19.0 Å². The van der Waals surface area contributed by atoms with Gasteiger partial charge >= 0.3 is 5.97 Å². The molecule has 0 bridgehead atoms. The number of hydrogen-bond acceptors (Lipinski definition) is 5. The summed E-state index contributed by atoms with van der Waals surface area (Å²) in [6.07, 6.45) is 3.54. The summed E-state index contributed by atoms with van der Waals surface area (Å²) in [6, 6.07) is 1.20. The molecule has 124 valence electrons. The number of halogens is 2. The second-order valence-corrected chi connectivity index (χ2v) is 5.00. The van der Waals surface area contributed by atoms with E-state index in [2.05, 4.69) is 10.1 Å². The van der Waals surface area contributed by atoms with Crippen LogP contribution in [0.2, 0.25) is 0 Å². The maximum absolute atomic E-state index is 14.2. The molecule has 5 nitrogen and oxygen atoms in total. The molecule has 0 aliphatic heterocycles. The Morgan fingerprint density at radius 2 is 2.00 bits per heavy atom. The van der Waals surface area contributed by atoms with Crippen molar-refractivity contribution in [3.8, 4) is 5.75 Å². The summed E-state index contributed by atoms with van der Waals surface area (Å²) in [7, 11) is 1.12. The molecule has 0 unspecified atom stereocenters. The van der Waals surface area contributed by atoms with E-state index >= 15 is 0 Å². The summed E-state index contributed by atoms with van der Waals surface area (Å²) in [6.45, 7) is 1.78. The lowest BCUT2D eigenvalue weighted by Crippen LogP contribution is -2.10. The molecule has 0 heterocycles. The summed E-state index contributed by atoms with van der Waals surface area (Å²) in [5.74, 6) is -4.13. The van der Waals surface area contributed by atoms with Crippen LogP contribution in [0.4, 0.5) is 14.5 Å². The molecule has 2 rings (SSSR count). The van der Waals surface area contributed by atoms with Crippen LogP contribution in [-0.2, 0) is 9.53 Å². The number of methoxy groups -OCH3 is 1. The summed E-state index contributed by atoms with van der Waals surface area (Å²) in [4.78, 5) is 23.3. The van der Waals surface area contributed by atoms with E-state index in [0.717, 1.165) is 38.2 Å². The van der Waals surface area contributed by atoms with Gasteiger partial charge in [0, 0.05) is 12.1 Å². The molecule has 0 aromatic heterocycles. The number of anilines is 1. The maximum atomic E-state index is 14.2. The Hall–Kier alpha value is -2.44. The molecule has 1 aromatic rings. The zero-order valence-corrected chi connectivity index (χ0v) is 12.8. The monoisotopic (exact) mass is 325 g/mol. The highest BCUT2D eigenvalue weighted by molar-refractivity contribution is 6.08. The number of rotatable bonds is 7. The lowest BCUT2D eigenvalue weighted by molar-refractivity contribution is -0.137. The quantitative estimate of drug-likeness (QED) is 0.474. The number of carbonyl (C=O) groups is 2. The summed E-state index contributed by atoms with van der Waals surface area (Å²) in [5, 5.41) is 2.88. The number of carbonyl (C=O) groups excluding carboxylic acids is 2.